The molecule has 0 fully saturated rings. The van der Waals surface area contributed by atoms with Gasteiger partial charge in [-0.1, -0.05) is 24.3 Å². The minimum Gasteiger partial charge on any atom is -0.480 e. The molecule has 14 nitrogen and oxygen atoms in total. The van der Waals surface area contributed by atoms with Crippen LogP contribution in [0.25, 0.3) is 10.8 Å². The zero-order valence-corrected chi connectivity index (χ0v) is 24.1. The normalized spacial score (nSPS) is 13.5. The number of rotatable bonds is 10. The van der Waals surface area contributed by atoms with Crippen LogP contribution in [0, 0.1) is 0 Å². The summed E-state index contributed by atoms with van der Waals surface area (Å²) in [6, 6.07) is 16.2. The number of ether oxygens (including phenoxy) is 4. The molecule has 4 aromatic carbocycles. The van der Waals surface area contributed by atoms with Gasteiger partial charge in [-0.3, -0.25) is 18.2 Å². The molecular weight excluding hydrogens is 620 g/mol. The van der Waals surface area contributed by atoms with Gasteiger partial charge in [-0.15, -0.1) is 0 Å². The zero-order chi connectivity index (χ0) is 31.2. The molecule has 2 N–H and O–H groups in total. The molecule has 2 heterocycles. The number of carbonyl (C=O) groups is 2. The van der Waals surface area contributed by atoms with Crippen molar-refractivity contribution in [1.29, 1.82) is 0 Å². The zero-order valence-electron chi connectivity index (χ0n) is 22.4. The summed E-state index contributed by atoms with van der Waals surface area (Å²) in [6.07, 6.45) is 0. The van der Waals surface area contributed by atoms with Gasteiger partial charge in [0.05, 0.1) is 21.2 Å². The molecule has 0 saturated heterocycles. The lowest BCUT2D eigenvalue weighted by atomic mass is 10.1. The van der Waals surface area contributed by atoms with Crippen molar-refractivity contribution in [3.63, 3.8) is 0 Å². The van der Waals surface area contributed by atoms with Crippen LogP contribution in [0.1, 0.15) is 0 Å². The minimum absolute atomic E-state index is 0.0832. The van der Waals surface area contributed by atoms with Gasteiger partial charge in [0.15, 0.2) is 23.0 Å². The monoisotopic (exact) mass is 642 g/mol. The number of carboxylic acid groups (broad SMARTS) is 2. The van der Waals surface area contributed by atoms with Crippen molar-refractivity contribution in [2.24, 2.45) is 0 Å². The molecule has 2 aliphatic heterocycles. The first-order valence-electron chi connectivity index (χ1n) is 12.8. The number of aliphatic carboxylic acids is 2. The van der Waals surface area contributed by atoms with E-state index < -0.39 is 45.1 Å². The molecule has 16 heteroatoms. The highest BCUT2D eigenvalue weighted by atomic mass is 32.2. The molecule has 0 spiro atoms. The Morgan fingerprint density at radius 1 is 0.591 bits per heavy atom. The van der Waals surface area contributed by atoms with Crippen molar-refractivity contribution in [3.8, 4) is 23.0 Å². The van der Waals surface area contributed by atoms with Crippen molar-refractivity contribution < 1.29 is 55.6 Å². The fourth-order valence-electron chi connectivity index (χ4n) is 4.88. The predicted molar refractivity (Wildman–Crippen MR) is 153 cm³/mol. The Hall–Kier alpha value is -5.22. The molecule has 6 rings (SSSR count). The summed E-state index contributed by atoms with van der Waals surface area (Å²) in [4.78, 5) is 23.3. The number of anilines is 2. The third kappa shape index (κ3) is 5.03. The first-order chi connectivity index (χ1) is 21.0. The van der Waals surface area contributed by atoms with Gasteiger partial charge in [0, 0.05) is 22.9 Å². The van der Waals surface area contributed by atoms with Gasteiger partial charge >= 0.3 is 11.9 Å². The van der Waals surface area contributed by atoms with Crippen molar-refractivity contribution in [3.05, 3.63) is 72.8 Å². The Bertz CT molecular complexity index is 1900. The SMILES string of the molecule is O=C(O)CN(c1ccc(N(CC(=O)O)S(=O)(=O)c2ccc3c(c2)OCO3)c2ccccc12)S(=O)(=O)c1ccc2c(c1)OCO2. The van der Waals surface area contributed by atoms with E-state index in [1.54, 1.807) is 12.1 Å². The van der Waals surface area contributed by atoms with E-state index in [1.165, 1.54) is 60.7 Å². The highest BCUT2D eigenvalue weighted by Crippen LogP contribution is 2.41. The summed E-state index contributed by atoms with van der Waals surface area (Å²) in [5.74, 6) is -1.93. The molecule has 0 radical (unpaired) electrons. The number of nitrogens with zero attached hydrogens (tertiary/aromatic N) is 2. The maximum atomic E-state index is 13.9. The molecular formula is C28H22N2O12S2. The number of carboxylic acids is 2. The van der Waals surface area contributed by atoms with E-state index in [9.17, 15) is 36.6 Å². The third-order valence-electron chi connectivity index (χ3n) is 6.84. The first kappa shape index (κ1) is 28.9. The van der Waals surface area contributed by atoms with Gasteiger partial charge in [0.25, 0.3) is 20.0 Å². The Kier molecular flexibility index (Phi) is 7.09. The summed E-state index contributed by atoms with van der Waals surface area (Å²) in [5, 5.41) is 19.7. The Labute approximate surface area is 250 Å². The van der Waals surface area contributed by atoms with Crippen LogP contribution in [0.4, 0.5) is 11.4 Å². The lowest BCUT2D eigenvalue weighted by molar-refractivity contribution is -0.136. The fourth-order valence-corrected chi connectivity index (χ4v) is 7.77. The van der Waals surface area contributed by atoms with Gasteiger partial charge in [-0.05, 0) is 36.4 Å². The Morgan fingerprint density at radius 2 is 0.977 bits per heavy atom. The van der Waals surface area contributed by atoms with E-state index in [-0.39, 0.29) is 57.0 Å². The van der Waals surface area contributed by atoms with Crippen LogP contribution in [-0.2, 0) is 29.6 Å². The van der Waals surface area contributed by atoms with E-state index >= 15 is 0 Å². The minimum atomic E-state index is -4.53. The second-order valence-corrected chi connectivity index (χ2v) is 13.2. The number of fused-ring (bicyclic) bond motifs is 3. The molecule has 0 amide bonds. The number of hydrogen-bond acceptors (Lipinski definition) is 10. The van der Waals surface area contributed by atoms with Crippen molar-refractivity contribution in [1.82, 2.24) is 0 Å². The summed E-state index contributed by atoms with van der Waals surface area (Å²) in [6.45, 7) is -2.17. The van der Waals surface area contributed by atoms with E-state index in [0.29, 0.717) is 20.1 Å². The molecule has 0 bridgehead atoms. The highest BCUT2D eigenvalue weighted by Gasteiger charge is 2.33. The van der Waals surface area contributed by atoms with E-state index in [1.807, 2.05) is 0 Å². The van der Waals surface area contributed by atoms with Crippen molar-refractivity contribution in [2.45, 2.75) is 9.79 Å². The number of benzene rings is 4. The van der Waals surface area contributed by atoms with Gasteiger partial charge in [-0.2, -0.15) is 0 Å². The van der Waals surface area contributed by atoms with Crippen LogP contribution in [-0.4, -0.2) is 65.7 Å². The molecule has 0 aromatic heterocycles. The average molecular weight is 643 g/mol. The molecule has 4 aromatic rings. The van der Waals surface area contributed by atoms with Gasteiger partial charge < -0.3 is 29.2 Å². The second kappa shape index (κ2) is 10.8. The molecule has 44 heavy (non-hydrogen) atoms. The van der Waals surface area contributed by atoms with Crippen molar-refractivity contribution >= 4 is 54.1 Å². The number of sulfonamides is 2. The molecule has 0 aliphatic carbocycles. The summed E-state index contributed by atoms with van der Waals surface area (Å²) in [5.41, 5.74) is -0.166. The summed E-state index contributed by atoms with van der Waals surface area (Å²) < 4.78 is 77.9. The van der Waals surface area contributed by atoms with Gasteiger partial charge in [-0.25, -0.2) is 16.8 Å². The Morgan fingerprint density at radius 3 is 1.36 bits per heavy atom. The second-order valence-electron chi connectivity index (χ2n) is 9.49. The van der Waals surface area contributed by atoms with Crippen molar-refractivity contribution in [2.75, 3.05) is 35.3 Å². The van der Waals surface area contributed by atoms with E-state index in [2.05, 4.69) is 0 Å². The lowest BCUT2D eigenvalue weighted by Gasteiger charge is -2.28. The fraction of sp³-hybridized carbons (Fsp3) is 0.143. The van der Waals surface area contributed by atoms with Crippen LogP contribution in [0.3, 0.4) is 0 Å². The van der Waals surface area contributed by atoms with Crippen LogP contribution >= 0.6 is 0 Å². The smallest absolute Gasteiger partial charge is 0.324 e. The average Bonchev–Trinajstić information content (AvgIpc) is 3.67. The van der Waals surface area contributed by atoms with E-state index in [0.717, 1.165) is 0 Å². The van der Waals surface area contributed by atoms with Gasteiger partial charge in [0.2, 0.25) is 13.6 Å². The topological polar surface area (TPSA) is 186 Å². The third-order valence-corrected chi connectivity index (χ3v) is 10.3. The van der Waals surface area contributed by atoms with Gasteiger partial charge in [0.1, 0.15) is 13.1 Å². The maximum absolute atomic E-state index is 13.9. The maximum Gasteiger partial charge on any atom is 0.324 e. The van der Waals surface area contributed by atoms with E-state index in [4.69, 9.17) is 18.9 Å². The predicted octanol–water partition coefficient (Wildman–Crippen LogP) is 2.86. The van der Waals surface area contributed by atoms with Crippen LogP contribution in [0.5, 0.6) is 23.0 Å². The Balaban J connectivity index is 1.50. The highest BCUT2D eigenvalue weighted by molar-refractivity contribution is 7.93. The standard InChI is InChI=1S/C28H22N2O12S2/c31-27(32)13-29(43(35,36)17-5-9-23-25(11-17)41-15-39-23)21-7-8-22(20-4-2-1-3-19(20)21)30(14-28(33)34)44(37,38)18-6-10-24-26(12-18)42-16-40-24/h1-12H,13-16H2,(H,31,32)(H,33,34). The lowest BCUT2D eigenvalue weighted by Crippen LogP contribution is -2.37. The molecule has 228 valence electrons. The quantitative estimate of drug-likeness (QED) is 0.258. The van der Waals surface area contributed by atoms with Crippen LogP contribution in [0.15, 0.2) is 82.6 Å². The van der Waals surface area contributed by atoms with Crippen LogP contribution in [0.2, 0.25) is 0 Å². The first-order valence-corrected chi connectivity index (χ1v) is 15.6. The van der Waals surface area contributed by atoms with Crippen LogP contribution < -0.4 is 27.6 Å². The largest absolute Gasteiger partial charge is 0.480 e. The molecule has 2 aliphatic rings. The summed E-state index contributed by atoms with van der Waals surface area (Å²) in [7, 11) is -9.05. The molecule has 0 atom stereocenters. The molecule has 0 unspecified atom stereocenters. The molecule has 0 saturated carbocycles. The summed E-state index contributed by atoms with van der Waals surface area (Å²) >= 11 is 0. The number of hydrogen-bond donors (Lipinski definition) is 2.